The maximum absolute atomic E-state index is 4.10. The van der Waals surface area contributed by atoms with Crippen LogP contribution < -0.4 is 10.6 Å². The zero-order valence-corrected chi connectivity index (χ0v) is 11.6. The third-order valence-electron chi connectivity index (χ3n) is 3.86. The van der Waals surface area contributed by atoms with Crippen LogP contribution in [-0.2, 0) is 13.0 Å². The molecule has 1 unspecified atom stereocenters. The molecule has 0 radical (unpaired) electrons. The van der Waals surface area contributed by atoms with E-state index in [4.69, 9.17) is 0 Å². The Labute approximate surface area is 110 Å². The molecule has 1 fully saturated rings. The summed E-state index contributed by atoms with van der Waals surface area (Å²) in [6, 6.07) is 7.00. The summed E-state index contributed by atoms with van der Waals surface area (Å²) in [7, 11) is 0. The van der Waals surface area contributed by atoms with Crippen LogP contribution in [0, 0.1) is 6.92 Å². The zero-order valence-electron chi connectivity index (χ0n) is 11.6. The van der Waals surface area contributed by atoms with Crippen molar-refractivity contribution >= 4 is 0 Å². The van der Waals surface area contributed by atoms with Gasteiger partial charge in [-0.2, -0.15) is 0 Å². The van der Waals surface area contributed by atoms with Gasteiger partial charge in [-0.15, -0.1) is 0 Å². The molecule has 18 heavy (non-hydrogen) atoms. The van der Waals surface area contributed by atoms with Crippen LogP contribution in [-0.4, -0.2) is 12.6 Å². The summed E-state index contributed by atoms with van der Waals surface area (Å²) < 4.78 is 0. The summed E-state index contributed by atoms with van der Waals surface area (Å²) >= 11 is 0. The van der Waals surface area contributed by atoms with Crippen molar-refractivity contribution in [3.8, 4) is 0 Å². The quantitative estimate of drug-likeness (QED) is 0.851. The second-order valence-corrected chi connectivity index (χ2v) is 5.09. The highest BCUT2D eigenvalue weighted by Gasteiger charge is 2.16. The Morgan fingerprint density at radius 3 is 3.00 bits per heavy atom. The van der Waals surface area contributed by atoms with Gasteiger partial charge in [0.1, 0.15) is 0 Å². The monoisotopic (exact) mass is 244 g/mol. The van der Waals surface area contributed by atoms with Gasteiger partial charge < -0.3 is 10.6 Å². The molecule has 2 nitrogen and oxygen atoms in total. The summed E-state index contributed by atoms with van der Waals surface area (Å²) in [5, 5.41) is 7.00. The molecule has 1 aliphatic rings. The van der Waals surface area contributed by atoms with Crippen molar-refractivity contribution in [2.45, 2.75) is 45.7 Å². The Kier molecular flexibility index (Phi) is 4.43. The first-order chi connectivity index (χ1) is 8.72. The molecule has 98 valence electrons. The largest absolute Gasteiger partial charge is 0.388 e. The van der Waals surface area contributed by atoms with Gasteiger partial charge in [0.05, 0.1) is 0 Å². The van der Waals surface area contributed by atoms with Gasteiger partial charge >= 0.3 is 0 Å². The van der Waals surface area contributed by atoms with E-state index in [1.54, 1.807) is 0 Å². The van der Waals surface area contributed by atoms with Crippen LogP contribution in [0.4, 0.5) is 0 Å². The van der Waals surface area contributed by atoms with Gasteiger partial charge in [-0.25, -0.2) is 0 Å². The SMILES string of the molecule is C=C1NCCCC1NCc1c(C)cccc1CC. The van der Waals surface area contributed by atoms with Gasteiger partial charge in [0.25, 0.3) is 0 Å². The Morgan fingerprint density at radius 1 is 1.44 bits per heavy atom. The average Bonchev–Trinajstić information content (AvgIpc) is 2.39. The molecule has 1 heterocycles. The lowest BCUT2D eigenvalue weighted by atomic mass is 9.98. The normalized spacial score (nSPS) is 19.7. The first-order valence-corrected chi connectivity index (χ1v) is 6.95. The third kappa shape index (κ3) is 2.94. The molecule has 2 rings (SSSR count). The predicted octanol–water partition coefficient (Wildman–Crippen LogP) is 2.91. The van der Waals surface area contributed by atoms with E-state index in [9.17, 15) is 0 Å². The highest BCUT2D eigenvalue weighted by Crippen LogP contribution is 2.17. The molecule has 1 aromatic rings. The summed E-state index contributed by atoms with van der Waals surface area (Å²) in [5.41, 5.74) is 5.44. The molecule has 0 bridgehead atoms. The van der Waals surface area contributed by atoms with Gasteiger partial charge in [0.15, 0.2) is 0 Å². The van der Waals surface area contributed by atoms with Crippen LogP contribution >= 0.6 is 0 Å². The average molecular weight is 244 g/mol. The van der Waals surface area contributed by atoms with Crippen LogP contribution in [0.3, 0.4) is 0 Å². The topological polar surface area (TPSA) is 24.1 Å². The first-order valence-electron chi connectivity index (χ1n) is 6.95. The first kappa shape index (κ1) is 13.2. The van der Waals surface area contributed by atoms with E-state index in [0.29, 0.717) is 6.04 Å². The van der Waals surface area contributed by atoms with Gasteiger partial charge in [0, 0.05) is 24.8 Å². The Morgan fingerprint density at radius 2 is 2.28 bits per heavy atom. The molecule has 1 aromatic carbocycles. The number of hydrogen-bond donors (Lipinski definition) is 2. The van der Waals surface area contributed by atoms with Crippen LogP contribution in [0.15, 0.2) is 30.5 Å². The molecule has 0 aromatic heterocycles. The smallest absolute Gasteiger partial charge is 0.0466 e. The molecule has 0 amide bonds. The Hall–Kier alpha value is -1.28. The molecular weight excluding hydrogens is 220 g/mol. The van der Waals surface area contributed by atoms with Gasteiger partial charge in [-0.3, -0.25) is 0 Å². The standard InChI is InChI=1S/C16H24N2/c1-4-14-8-5-7-12(2)15(14)11-18-16-9-6-10-17-13(16)3/h5,7-8,16-18H,3-4,6,9-11H2,1-2H3. The van der Waals surface area contributed by atoms with Crippen LogP contribution in [0.5, 0.6) is 0 Å². The molecule has 1 atom stereocenters. The number of hydrogen-bond acceptors (Lipinski definition) is 2. The number of rotatable bonds is 4. The maximum Gasteiger partial charge on any atom is 0.0466 e. The Bertz CT molecular complexity index is 423. The van der Waals surface area contributed by atoms with Crippen molar-refractivity contribution in [3.05, 3.63) is 47.2 Å². The highest BCUT2D eigenvalue weighted by molar-refractivity contribution is 5.34. The number of benzene rings is 1. The van der Waals surface area contributed by atoms with E-state index in [1.807, 2.05) is 0 Å². The lowest BCUT2D eigenvalue weighted by molar-refractivity contribution is 0.445. The van der Waals surface area contributed by atoms with Gasteiger partial charge in [-0.1, -0.05) is 31.7 Å². The fourth-order valence-corrected chi connectivity index (χ4v) is 2.65. The van der Waals surface area contributed by atoms with E-state index in [1.165, 1.54) is 29.5 Å². The molecule has 1 aliphatic heterocycles. The van der Waals surface area contributed by atoms with Crippen molar-refractivity contribution in [3.63, 3.8) is 0 Å². The van der Waals surface area contributed by atoms with Gasteiger partial charge in [0.2, 0.25) is 0 Å². The summed E-state index contributed by atoms with van der Waals surface area (Å²) in [6.07, 6.45) is 3.52. The molecular formula is C16H24N2. The lowest BCUT2D eigenvalue weighted by Gasteiger charge is -2.27. The molecule has 0 spiro atoms. The lowest BCUT2D eigenvalue weighted by Crippen LogP contribution is -2.40. The molecule has 1 saturated heterocycles. The van der Waals surface area contributed by atoms with E-state index in [2.05, 4.69) is 49.3 Å². The summed E-state index contributed by atoms with van der Waals surface area (Å²) in [5.74, 6) is 0. The van der Waals surface area contributed by atoms with Crippen LogP contribution in [0.25, 0.3) is 0 Å². The van der Waals surface area contributed by atoms with E-state index in [-0.39, 0.29) is 0 Å². The minimum absolute atomic E-state index is 0.420. The highest BCUT2D eigenvalue weighted by atomic mass is 15.0. The van der Waals surface area contributed by atoms with E-state index >= 15 is 0 Å². The molecule has 2 N–H and O–H groups in total. The fourth-order valence-electron chi connectivity index (χ4n) is 2.65. The summed E-state index contributed by atoms with van der Waals surface area (Å²) in [6.45, 7) is 10.5. The third-order valence-corrected chi connectivity index (χ3v) is 3.86. The van der Waals surface area contributed by atoms with E-state index in [0.717, 1.165) is 25.2 Å². The van der Waals surface area contributed by atoms with E-state index < -0.39 is 0 Å². The zero-order chi connectivity index (χ0) is 13.0. The van der Waals surface area contributed by atoms with Crippen LogP contribution in [0.1, 0.15) is 36.5 Å². The van der Waals surface area contributed by atoms with Crippen molar-refractivity contribution in [1.82, 2.24) is 10.6 Å². The second kappa shape index (κ2) is 6.05. The van der Waals surface area contributed by atoms with Crippen molar-refractivity contribution < 1.29 is 0 Å². The molecule has 2 heteroatoms. The molecule has 0 saturated carbocycles. The number of nitrogens with one attached hydrogen (secondary N) is 2. The van der Waals surface area contributed by atoms with Gasteiger partial charge in [-0.05, 0) is 42.9 Å². The van der Waals surface area contributed by atoms with Crippen molar-refractivity contribution in [2.75, 3.05) is 6.54 Å². The fraction of sp³-hybridized carbons (Fsp3) is 0.500. The van der Waals surface area contributed by atoms with Crippen molar-refractivity contribution in [1.29, 1.82) is 0 Å². The Balaban J connectivity index is 2.03. The summed E-state index contributed by atoms with van der Waals surface area (Å²) in [4.78, 5) is 0. The minimum Gasteiger partial charge on any atom is -0.388 e. The number of aryl methyl sites for hydroxylation is 2. The minimum atomic E-state index is 0.420. The molecule has 0 aliphatic carbocycles. The predicted molar refractivity (Wildman–Crippen MR) is 77.6 cm³/mol. The maximum atomic E-state index is 4.10. The second-order valence-electron chi connectivity index (χ2n) is 5.09. The van der Waals surface area contributed by atoms with Crippen molar-refractivity contribution in [2.24, 2.45) is 0 Å². The number of piperidine rings is 1. The van der Waals surface area contributed by atoms with Crippen LogP contribution in [0.2, 0.25) is 0 Å².